The molecule has 0 radical (unpaired) electrons. The monoisotopic (exact) mass is 849 g/mol. The summed E-state index contributed by atoms with van der Waals surface area (Å²) in [7, 11) is 0. The van der Waals surface area contributed by atoms with Crippen LogP contribution in [0.1, 0.15) is 298 Å². The van der Waals surface area contributed by atoms with Gasteiger partial charge in [-0.05, 0) is 31.1 Å². The van der Waals surface area contributed by atoms with Gasteiger partial charge in [0.05, 0.1) is 0 Å². The fourth-order valence-corrected chi connectivity index (χ4v) is 8.17. The molecule has 0 unspecified atom stereocenters. The number of ether oxygens (including phenoxy) is 3. The van der Waals surface area contributed by atoms with E-state index in [1.54, 1.807) is 0 Å². The Morgan fingerprint density at radius 3 is 0.817 bits per heavy atom. The summed E-state index contributed by atoms with van der Waals surface area (Å²) in [6.07, 6.45) is 48.0. The minimum atomic E-state index is -0.761. The molecule has 0 aromatic rings. The van der Waals surface area contributed by atoms with Crippen molar-refractivity contribution in [2.75, 3.05) is 13.2 Å². The van der Waals surface area contributed by atoms with E-state index in [1.807, 2.05) is 0 Å². The lowest BCUT2D eigenvalue weighted by molar-refractivity contribution is -0.167. The highest BCUT2D eigenvalue weighted by Gasteiger charge is 2.19. The second kappa shape index (κ2) is 46.9. The van der Waals surface area contributed by atoms with Crippen LogP contribution in [0, 0.1) is 11.8 Å². The predicted molar refractivity (Wildman–Crippen MR) is 256 cm³/mol. The molecule has 0 spiro atoms. The summed E-state index contributed by atoms with van der Waals surface area (Å²) >= 11 is 0. The average Bonchev–Trinajstić information content (AvgIpc) is 3.22. The molecule has 0 aromatic carbocycles. The number of hydrogen-bond donors (Lipinski definition) is 0. The molecule has 0 saturated heterocycles. The molecular formula is C54H104O6. The maximum atomic E-state index is 12.8. The van der Waals surface area contributed by atoms with Gasteiger partial charge in [-0.25, -0.2) is 0 Å². The SMILES string of the molecule is CCCCCCCCCCCCCCC(=O)O[C@@H](COC(=O)CCCCCCCCCCCCCCCC(C)C)COC(=O)CCCCCCCCCCCCCC(C)C. The fraction of sp³-hybridized carbons (Fsp3) is 0.944. The Labute approximate surface area is 374 Å². The van der Waals surface area contributed by atoms with Crippen LogP contribution in [-0.4, -0.2) is 37.2 Å². The van der Waals surface area contributed by atoms with Crippen molar-refractivity contribution in [1.82, 2.24) is 0 Å². The highest BCUT2D eigenvalue weighted by atomic mass is 16.6. The summed E-state index contributed by atoms with van der Waals surface area (Å²) < 4.78 is 16.8. The van der Waals surface area contributed by atoms with Crippen LogP contribution in [0.3, 0.4) is 0 Å². The number of carbonyl (C=O) groups excluding carboxylic acids is 3. The van der Waals surface area contributed by atoms with Gasteiger partial charge in [0.2, 0.25) is 0 Å². The minimum absolute atomic E-state index is 0.0633. The van der Waals surface area contributed by atoms with Crippen molar-refractivity contribution in [3.05, 3.63) is 0 Å². The molecule has 0 rings (SSSR count). The minimum Gasteiger partial charge on any atom is -0.462 e. The number of esters is 3. The molecule has 0 aliphatic carbocycles. The van der Waals surface area contributed by atoms with Gasteiger partial charge in [0.25, 0.3) is 0 Å². The molecule has 0 heterocycles. The number of unbranched alkanes of at least 4 members (excludes halogenated alkanes) is 33. The molecule has 0 N–H and O–H groups in total. The highest BCUT2D eigenvalue weighted by Crippen LogP contribution is 2.17. The van der Waals surface area contributed by atoms with Gasteiger partial charge < -0.3 is 14.2 Å². The Morgan fingerprint density at radius 2 is 0.550 bits per heavy atom. The van der Waals surface area contributed by atoms with Crippen LogP contribution < -0.4 is 0 Å². The zero-order valence-corrected chi connectivity index (χ0v) is 41.1. The summed E-state index contributed by atoms with van der Waals surface area (Å²) in [6, 6.07) is 0. The molecule has 0 aromatic heterocycles. The maximum absolute atomic E-state index is 12.8. The van der Waals surface area contributed by atoms with E-state index in [2.05, 4.69) is 34.6 Å². The summed E-state index contributed by atoms with van der Waals surface area (Å²) in [5.41, 5.74) is 0. The third-order valence-electron chi connectivity index (χ3n) is 12.2. The maximum Gasteiger partial charge on any atom is 0.306 e. The molecule has 0 saturated carbocycles. The van der Waals surface area contributed by atoms with Crippen LogP contribution >= 0.6 is 0 Å². The largest absolute Gasteiger partial charge is 0.462 e. The smallest absolute Gasteiger partial charge is 0.306 e. The van der Waals surface area contributed by atoms with Crippen LogP contribution in [0.5, 0.6) is 0 Å². The van der Waals surface area contributed by atoms with Crippen molar-refractivity contribution in [3.63, 3.8) is 0 Å². The van der Waals surface area contributed by atoms with Gasteiger partial charge in [-0.15, -0.1) is 0 Å². The van der Waals surface area contributed by atoms with Gasteiger partial charge in [-0.3, -0.25) is 14.4 Å². The molecule has 0 aliphatic heterocycles. The first-order chi connectivity index (χ1) is 29.2. The Bertz CT molecular complexity index is 916. The first kappa shape index (κ1) is 58.4. The Kier molecular flexibility index (Phi) is 45.7. The van der Waals surface area contributed by atoms with E-state index >= 15 is 0 Å². The molecule has 356 valence electrons. The lowest BCUT2D eigenvalue weighted by atomic mass is 10.0. The van der Waals surface area contributed by atoms with E-state index in [1.165, 1.54) is 186 Å². The molecule has 0 amide bonds. The van der Waals surface area contributed by atoms with Crippen molar-refractivity contribution in [2.45, 2.75) is 304 Å². The van der Waals surface area contributed by atoms with Crippen LogP contribution in [-0.2, 0) is 28.6 Å². The van der Waals surface area contributed by atoms with Crippen molar-refractivity contribution < 1.29 is 28.6 Å². The van der Waals surface area contributed by atoms with E-state index in [0.29, 0.717) is 19.3 Å². The second-order valence-corrected chi connectivity index (χ2v) is 19.5. The number of hydrogen-bond acceptors (Lipinski definition) is 6. The van der Waals surface area contributed by atoms with E-state index < -0.39 is 6.10 Å². The molecule has 0 fully saturated rings. The van der Waals surface area contributed by atoms with Gasteiger partial charge in [0.15, 0.2) is 6.10 Å². The number of carbonyl (C=O) groups is 3. The van der Waals surface area contributed by atoms with E-state index in [9.17, 15) is 14.4 Å². The van der Waals surface area contributed by atoms with Crippen LogP contribution in [0.4, 0.5) is 0 Å². The predicted octanol–water partition coefficient (Wildman–Crippen LogP) is 17.3. The summed E-state index contributed by atoms with van der Waals surface area (Å²) in [6.45, 7) is 11.4. The molecule has 60 heavy (non-hydrogen) atoms. The summed E-state index contributed by atoms with van der Waals surface area (Å²) in [4.78, 5) is 38.0. The van der Waals surface area contributed by atoms with Gasteiger partial charge >= 0.3 is 17.9 Å². The Morgan fingerprint density at radius 1 is 0.317 bits per heavy atom. The molecular weight excluding hydrogens is 745 g/mol. The van der Waals surface area contributed by atoms with Gasteiger partial charge in [-0.1, -0.05) is 259 Å². The fourth-order valence-electron chi connectivity index (χ4n) is 8.17. The van der Waals surface area contributed by atoms with E-state index in [-0.39, 0.29) is 31.1 Å². The standard InChI is InChI=1S/C54H104O6/c1-6-7-8-9-10-11-12-19-26-31-36-41-46-54(57)60-51(48-59-53(56)45-40-35-30-25-21-16-18-23-28-33-38-43-50(4)5)47-58-52(55)44-39-34-29-24-20-15-13-14-17-22-27-32-37-42-49(2)3/h49-51H,6-48H2,1-5H3/t51-/m0/s1. The quantitative estimate of drug-likeness (QED) is 0.0345. The van der Waals surface area contributed by atoms with Crippen molar-refractivity contribution in [2.24, 2.45) is 11.8 Å². The Hall–Kier alpha value is -1.59. The molecule has 1 atom stereocenters. The van der Waals surface area contributed by atoms with Gasteiger partial charge in [0.1, 0.15) is 13.2 Å². The topological polar surface area (TPSA) is 78.9 Å². The van der Waals surface area contributed by atoms with Crippen LogP contribution in [0.25, 0.3) is 0 Å². The van der Waals surface area contributed by atoms with Crippen LogP contribution in [0.15, 0.2) is 0 Å². The van der Waals surface area contributed by atoms with Crippen LogP contribution in [0.2, 0.25) is 0 Å². The van der Waals surface area contributed by atoms with Gasteiger partial charge in [0, 0.05) is 19.3 Å². The molecule has 6 heteroatoms. The zero-order chi connectivity index (χ0) is 44.0. The van der Waals surface area contributed by atoms with E-state index in [0.717, 1.165) is 69.6 Å². The molecule has 0 bridgehead atoms. The Balaban J connectivity index is 4.29. The van der Waals surface area contributed by atoms with E-state index in [4.69, 9.17) is 14.2 Å². The third kappa shape index (κ3) is 47.5. The third-order valence-corrected chi connectivity index (χ3v) is 12.2. The summed E-state index contributed by atoms with van der Waals surface area (Å²) in [5.74, 6) is 0.821. The zero-order valence-electron chi connectivity index (χ0n) is 41.1. The second-order valence-electron chi connectivity index (χ2n) is 19.5. The first-order valence-corrected chi connectivity index (χ1v) is 26.7. The average molecular weight is 849 g/mol. The van der Waals surface area contributed by atoms with Gasteiger partial charge in [-0.2, -0.15) is 0 Å². The van der Waals surface area contributed by atoms with Crippen molar-refractivity contribution >= 4 is 17.9 Å². The lowest BCUT2D eigenvalue weighted by Crippen LogP contribution is -2.30. The molecule has 0 aliphatic rings. The first-order valence-electron chi connectivity index (χ1n) is 26.7. The van der Waals surface area contributed by atoms with Crippen molar-refractivity contribution in [3.8, 4) is 0 Å². The van der Waals surface area contributed by atoms with Crippen molar-refractivity contribution in [1.29, 1.82) is 0 Å². The number of rotatable bonds is 48. The summed E-state index contributed by atoms with van der Waals surface area (Å²) in [5, 5.41) is 0. The highest BCUT2D eigenvalue weighted by molar-refractivity contribution is 5.71. The normalized spacial score (nSPS) is 12.1. The lowest BCUT2D eigenvalue weighted by Gasteiger charge is -2.18. The molecule has 6 nitrogen and oxygen atoms in total.